The molecule has 0 spiro atoms. The summed E-state index contributed by atoms with van der Waals surface area (Å²) in [7, 11) is -3.32. The Bertz CT molecular complexity index is 1050. The first-order chi connectivity index (χ1) is 13.1. The van der Waals surface area contributed by atoms with E-state index in [-0.39, 0.29) is 5.75 Å². The summed E-state index contributed by atoms with van der Waals surface area (Å²) in [5.41, 5.74) is 2.64. The molecule has 1 aliphatic heterocycles. The summed E-state index contributed by atoms with van der Waals surface area (Å²) in [4.78, 5) is 2.65. The molecule has 0 radical (unpaired) electrons. The Kier molecular flexibility index (Phi) is 5.08. The molecule has 1 aromatic heterocycles. The quantitative estimate of drug-likeness (QED) is 0.680. The van der Waals surface area contributed by atoms with Gasteiger partial charge in [-0.25, -0.2) is 8.42 Å². The molecule has 7 heteroatoms. The van der Waals surface area contributed by atoms with E-state index in [1.54, 1.807) is 24.3 Å². The molecule has 1 fully saturated rings. The zero-order chi connectivity index (χ0) is 18.9. The number of thiophene rings is 1. The summed E-state index contributed by atoms with van der Waals surface area (Å²) in [6, 6.07) is 13.8. The third-order valence-corrected chi connectivity index (χ3v) is 7.66. The Morgan fingerprint density at radius 2 is 1.89 bits per heavy atom. The number of hydrogen-bond acceptors (Lipinski definition) is 6. The van der Waals surface area contributed by atoms with Crippen molar-refractivity contribution < 1.29 is 8.42 Å². The number of sulfone groups is 1. The van der Waals surface area contributed by atoms with Crippen LogP contribution in [0.25, 0.3) is 10.1 Å². The summed E-state index contributed by atoms with van der Waals surface area (Å²) in [5, 5.41) is 9.91. The molecule has 27 heavy (non-hydrogen) atoms. The van der Waals surface area contributed by atoms with Gasteiger partial charge in [-0.2, -0.15) is 0 Å². The van der Waals surface area contributed by atoms with Crippen LogP contribution in [0.15, 0.2) is 52.7 Å². The first-order valence-electron chi connectivity index (χ1n) is 9.14. The minimum absolute atomic E-state index is 0.0824. The van der Waals surface area contributed by atoms with E-state index < -0.39 is 9.84 Å². The summed E-state index contributed by atoms with van der Waals surface area (Å²) in [6.45, 7) is 5.39. The maximum absolute atomic E-state index is 12.6. The van der Waals surface area contributed by atoms with Gasteiger partial charge in [0.15, 0.2) is 9.84 Å². The average molecular weight is 402 g/mol. The van der Waals surface area contributed by atoms with Crippen molar-refractivity contribution in [2.24, 2.45) is 0 Å². The van der Waals surface area contributed by atoms with Gasteiger partial charge in [0.1, 0.15) is 0 Å². The Morgan fingerprint density at radius 1 is 1.11 bits per heavy atom. The van der Waals surface area contributed by atoms with Crippen LogP contribution in [0.1, 0.15) is 6.92 Å². The molecular formula is C20H23N3O2S2. The predicted molar refractivity (Wildman–Crippen MR) is 114 cm³/mol. The fraction of sp³-hybridized carbons (Fsp3) is 0.300. The van der Waals surface area contributed by atoms with Gasteiger partial charge < -0.3 is 15.5 Å². The van der Waals surface area contributed by atoms with Crippen LogP contribution in [0.4, 0.5) is 17.1 Å². The van der Waals surface area contributed by atoms with Crippen LogP contribution >= 0.6 is 11.3 Å². The van der Waals surface area contributed by atoms with Gasteiger partial charge in [0, 0.05) is 47.3 Å². The van der Waals surface area contributed by atoms with E-state index in [4.69, 9.17) is 0 Å². The molecule has 2 N–H and O–H groups in total. The highest BCUT2D eigenvalue weighted by Gasteiger charge is 2.20. The minimum atomic E-state index is -3.32. The summed E-state index contributed by atoms with van der Waals surface area (Å²) < 4.78 is 26.5. The molecule has 2 heterocycles. The number of fused-ring (bicyclic) bond motifs is 1. The van der Waals surface area contributed by atoms with E-state index in [0.29, 0.717) is 10.6 Å². The summed E-state index contributed by atoms with van der Waals surface area (Å²) in [6.07, 6.45) is 0. The largest absolute Gasteiger partial charge is 0.369 e. The van der Waals surface area contributed by atoms with Gasteiger partial charge in [0.05, 0.1) is 22.0 Å². The third kappa shape index (κ3) is 3.67. The lowest BCUT2D eigenvalue weighted by molar-refractivity contribution is 0.588. The molecule has 2 aromatic carbocycles. The third-order valence-electron chi connectivity index (χ3n) is 4.91. The maximum atomic E-state index is 12.6. The highest BCUT2D eigenvalue weighted by atomic mass is 32.2. The fourth-order valence-electron chi connectivity index (χ4n) is 3.38. The van der Waals surface area contributed by atoms with Crippen LogP contribution in [-0.4, -0.2) is 40.3 Å². The van der Waals surface area contributed by atoms with E-state index in [2.05, 4.69) is 27.7 Å². The van der Waals surface area contributed by atoms with Gasteiger partial charge in [-0.05, 0) is 24.3 Å². The predicted octanol–water partition coefficient (Wildman–Crippen LogP) is 3.85. The zero-order valence-corrected chi connectivity index (χ0v) is 16.9. The van der Waals surface area contributed by atoms with Gasteiger partial charge in [-0.15, -0.1) is 11.3 Å². The van der Waals surface area contributed by atoms with Crippen molar-refractivity contribution in [3.63, 3.8) is 0 Å². The van der Waals surface area contributed by atoms with Crippen molar-refractivity contribution in [1.29, 1.82) is 0 Å². The SMILES string of the molecule is CCS(=O)(=O)c1ccc(N2CCNCC2)cc1Nc1csc2ccccc12. The Morgan fingerprint density at radius 3 is 2.67 bits per heavy atom. The number of rotatable bonds is 5. The van der Waals surface area contributed by atoms with Crippen LogP contribution in [-0.2, 0) is 9.84 Å². The smallest absolute Gasteiger partial charge is 0.180 e. The number of anilines is 3. The Hall–Kier alpha value is -2.09. The molecule has 142 valence electrons. The Labute approximate surface area is 163 Å². The van der Waals surface area contributed by atoms with Crippen LogP contribution in [0.3, 0.4) is 0 Å². The molecule has 1 aliphatic rings. The van der Waals surface area contributed by atoms with E-state index >= 15 is 0 Å². The highest BCUT2D eigenvalue weighted by molar-refractivity contribution is 7.91. The zero-order valence-electron chi connectivity index (χ0n) is 15.2. The molecule has 0 atom stereocenters. The average Bonchev–Trinajstić information content (AvgIpc) is 3.11. The van der Waals surface area contributed by atoms with Crippen molar-refractivity contribution in [3.8, 4) is 0 Å². The van der Waals surface area contributed by atoms with Crippen LogP contribution in [0.5, 0.6) is 0 Å². The molecule has 1 saturated heterocycles. The van der Waals surface area contributed by atoms with Gasteiger partial charge in [0.25, 0.3) is 0 Å². The molecule has 0 saturated carbocycles. The second kappa shape index (κ2) is 7.50. The van der Waals surface area contributed by atoms with Crippen LogP contribution in [0.2, 0.25) is 0 Å². The second-order valence-corrected chi connectivity index (χ2v) is 9.75. The summed E-state index contributed by atoms with van der Waals surface area (Å²) >= 11 is 1.65. The van der Waals surface area contributed by atoms with Crippen molar-refractivity contribution in [1.82, 2.24) is 5.32 Å². The summed E-state index contributed by atoms with van der Waals surface area (Å²) in [5.74, 6) is 0.0824. The van der Waals surface area contributed by atoms with Crippen LogP contribution in [0, 0.1) is 0 Å². The van der Waals surface area contributed by atoms with Gasteiger partial charge >= 0.3 is 0 Å². The van der Waals surface area contributed by atoms with E-state index in [0.717, 1.165) is 42.9 Å². The van der Waals surface area contributed by atoms with Crippen molar-refractivity contribution in [3.05, 3.63) is 47.8 Å². The maximum Gasteiger partial charge on any atom is 0.180 e. The molecule has 0 amide bonds. The topological polar surface area (TPSA) is 61.4 Å². The number of piperazine rings is 1. The van der Waals surface area contributed by atoms with Gasteiger partial charge in [-0.1, -0.05) is 25.1 Å². The number of hydrogen-bond donors (Lipinski definition) is 2. The number of nitrogens with zero attached hydrogens (tertiary/aromatic N) is 1. The first-order valence-corrected chi connectivity index (χ1v) is 11.7. The molecule has 0 bridgehead atoms. The lowest BCUT2D eigenvalue weighted by Crippen LogP contribution is -2.43. The highest BCUT2D eigenvalue weighted by Crippen LogP contribution is 2.36. The van der Waals surface area contributed by atoms with Crippen molar-refractivity contribution in [2.75, 3.05) is 42.1 Å². The fourth-order valence-corrected chi connectivity index (χ4v) is 5.31. The lowest BCUT2D eigenvalue weighted by Gasteiger charge is -2.30. The van der Waals surface area contributed by atoms with Crippen molar-refractivity contribution >= 4 is 48.3 Å². The molecule has 0 aliphatic carbocycles. The molecule has 0 unspecified atom stereocenters. The molecule has 5 nitrogen and oxygen atoms in total. The monoisotopic (exact) mass is 401 g/mol. The van der Waals surface area contributed by atoms with Gasteiger partial charge in [-0.3, -0.25) is 0 Å². The van der Waals surface area contributed by atoms with Crippen LogP contribution < -0.4 is 15.5 Å². The molecule has 3 aromatic rings. The lowest BCUT2D eigenvalue weighted by atomic mass is 10.2. The molecule has 4 rings (SSSR count). The van der Waals surface area contributed by atoms with Gasteiger partial charge in [0.2, 0.25) is 0 Å². The standard InChI is InChI=1S/C20H23N3O2S2/c1-2-27(24,25)20-8-7-15(23-11-9-21-10-12-23)13-17(20)22-18-14-26-19-6-4-3-5-16(18)19/h3-8,13-14,21-22H,2,9-12H2,1H3. The van der Waals surface area contributed by atoms with E-state index in [9.17, 15) is 8.42 Å². The molecular weight excluding hydrogens is 378 g/mol. The van der Waals surface area contributed by atoms with Crippen molar-refractivity contribution in [2.45, 2.75) is 11.8 Å². The first kappa shape index (κ1) is 18.3. The Balaban J connectivity index is 1.77. The van der Waals surface area contributed by atoms with E-state index in [1.165, 1.54) is 4.70 Å². The minimum Gasteiger partial charge on any atom is -0.369 e. The van der Waals surface area contributed by atoms with E-state index in [1.807, 2.05) is 29.6 Å². The second-order valence-electron chi connectivity index (χ2n) is 6.59. The number of nitrogens with one attached hydrogen (secondary N) is 2. The normalized spacial score (nSPS) is 15.2. The number of benzene rings is 2.